The highest BCUT2D eigenvalue weighted by atomic mass is 32.1. The van der Waals surface area contributed by atoms with E-state index in [4.69, 9.17) is 4.98 Å². The van der Waals surface area contributed by atoms with E-state index >= 15 is 0 Å². The van der Waals surface area contributed by atoms with Gasteiger partial charge in [0.15, 0.2) is 0 Å². The second kappa shape index (κ2) is 8.40. The minimum Gasteiger partial charge on any atom is -0.299 e. The Morgan fingerprint density at radius 1 is 1.20 bits per heavy atom. The van der Waals surface area contributed by atoms with E-state index in [1.54, 1.807) is 0 Å². The van der Waals surface area contributed by atoms with Crippen LogP contribution in [-0.4, -0.2) is 39.1 Å². The molecule has 30 heavy (non-hydrogen) atoms. The third-order valence-electron chi connectivity index (χ3n) is 6.42. The summed E-state index contributed by atoms with van der Waals surface area (Å²) in [4.78, 5) is 20.7. The molecule has 7 heteroatoms. The third kappa shape index (κ3) is 3.72. The van der Waals surface area contributed by atoms with Crippen molar-refractivity contribution in [3.05, 3.63) is 46.1 Å². The Balaban J connectivity index is 1.48. The minimum absolute atomic E-state index is 0.103. The Kier molecular flexibility index (Phi) is 5.48. The average Bonchev–Trinajstić information content (AvgIpc) is 3.26. The maximum Gasteiger partial charge on any atom is 0.258 e. The molecule has 0 saturated heterocycles. The molecule has 1 aliphatic heterocycles. The van der Waals surface area contributed by atoms with Gasteiger partial charge < -0.3 is 0 Å². The van der Waals surface area contributed by atoms with E-state index in [0.29, 0.717) is 11.0 Å². The molecule has 0 radical (unpaired) electrons. The fraction of sp³-hybridized carbons (Fsp3) is 0.478. The summed E-state index contributed by atoms with van der Waals surface area (Å²) in [6.45, 7) is 4.87. The summed E-state index contributed by atoms with van der Waals surface area (Å²) >= 11 is 1.53. The third-order valence-corrected chi connectivity index (χ3v) is 7.42. The molecule has 5 rings (SSSR count). The molecule has 6 nitrogen and oxygen atoms in total. The van der Waals surface area contributed by atoms with Crippen molar-refractivity contribution in [1.29, 1.82) is 0 Å². The van der Waals surface area contributed by atoms with Gasteiger partial charge in [0, 0.05) is 42.1 Å². The molecule has 1 saturated carbocycles. The maximum absolute atomic E-state index is 13.5. The molecule has 2 aliphatic rings. The molecule has 3 heterocycles. The summed E-state index contributed by atoms with van der Waals surface area (Å²) in [5.41, 5.74) is 3.72. The van der Waals surface area contributed by atoms with E-state index < -0.39 is 0 Å². The lowest BCUT2D eigenvalue weighted by molar-refractivity contribution is 0.102. The minimum atomic E-state index is -0.103. The number of aromatic nitrogens is 3. The van der Waals surface area contributed by atoms with E-state index in [1.807, 2.05) is 24.3 Å². The van der Waals surface area contributed by atoms with E-state index in [2.05, 4.69) is 27.3 Å². The molecule has 1 fully saturated rings. The van der Waals surface area contributed by atoms with Crippen molar-refractivity contribution in [3.63, 3.8) is 0 Å². The SMILES string of the molecule is CCN1CCc2nc3ccccc3c(C(=O)Nc3nnc(C4CCCCC4)s3)c2C1. The maximum atomic E-state index is 13.5. The second-order valence-corrected chi connectivity index (χ2v) is 9.29. The molecule has 2 aromatic heterocycles. The smallest absolute Gasteiger partial charge is 0.258 e. The van der Waals surface area contributed by atoms with E-state index in [1.165, 1.54) is 43.4 Å². The van der Waals surface area contributed by atoms with Gasteiger partial charge in [0.1, 0.15) is 5.01 Å². The van der Waals surface area contributed by atoms with Crippen LogP contribution in [0.2, 0.25) is 0 Å². The molecule has 1 amide bonds. The quantitative estimate of drug-likeness (QED) is 0.657. The highest BCUT2D eigenvalue weighted by molar-refractivity contribution is 7.15. The number of hydrogen-bond donors (Lipinski definition) is 1. The molecule has 1 N–H and O–H groups in total. The molecule has 0 unspecified atom stereocenters. The predicted octanol–water partition coefficient (Wildman–Crippen LogP) is 4.76. The van der Waals surface area contributed by atoms with Crippen LogP contribution in [0.15, 0.2) is 24.3 Å². The number of pyridine rings is 1. The van der Waals surface area contributed by atoms with Crippen molar-refractivity contribution < 1.29 is 4.79 Å². The first kappa shape index (κ1) is 19.6. The van der Waals surface area contributed by atoms with Crippen LogP contribution in [0.25, 0.3) is 10.9 Å². The zero-order chi connectivity index (χ0) is 20.5. The van der Waals surface area contributed by atoms with Crippen molar-refractivity contribution in [2.24, 2.45) is 0 Å². The molecule has 1 aliphatic carbocycles. The lowest BCUT2D eigenvalue weighted by Gasteiger charge is -2.29. The largest absolute Gasteiger partial charge is 0.299 e. The normalized spacial score (nSPS) is 17.8. The first-order valence-corrected chi connectivity index (χ1v) is 11.8. The van der Waals surface area contributed by atoms with Crippen LogP contribution >= 0.6 is 11.3 Å². The van der Waals surface area contributed by atoms with Gasteiger partial charge in [-0.3, -0.25) is 20.0 Å². The number of carbonyl (C=O) groups is 1. The van der Waals surface area contributed by atoms with Crippen molar-refractivity contribution >= 4 is 33.3 Å². The molecule has 0 spiro atoms. The van der Waals surface area contributed by atoms with Gasteiger partial charge in [-0.15, -0.1) is 10.2 Å². The molecule has 0 bridgehead atoms. The van der Waals surface area contributed by atoms with Crippen molar-refractivity contribution in [1.82, 2.24) is 20.1 Å². The Labute approximate surface area is 180 Å². The number of benzene rings is 1. The van der Waals surface area contributed by atoms with Crippen molar-refractivity contribution in [3.8, 4) is 0 Å². The Morgan fingerprint density at radius 3 is 2.87 bits per heavy atom. The number of likely N-dealkylation sites (N-methyl/N-ethyl adjacent to an activating group) is 1. The predicted molar refractivity (Wildman–Crippen MR) is 120 cm³/mol. The summed E-state index contributed by atoms with van der Waals surface area (Å²) in [6, 6.07) is 7.94. The number of nitrogens with zero attached hydrogens (tertiary/aromatic N) is 4. The van der Waals surface area contributed by atoms with Crippen molar-refractivity contribution in [2.75, 3.05) is 18.4 Å². The van der Waals surface area contributed by atoms with Gasteiger partial charge in [-0.1, -0.05) is 55.7 Å². The van der Waals surface area contributed by atoms with Crippen LogP contribution in [0.3, 0.4) is 0 Å². The number of hydrogen-bond acceptors (Lipinski definition) is 6. The number of rotatable bonds is 4. The van der Waals surface area contributed by atoms with Gasteiger partial charge in [-0.25, -0.2) is 0 Å². The standard InChI is InChI=1S/C23H27N5OS/c1-2-28-13-12-19-17(14-28)20(16-10-6-7-11-18(16)24-19)21(29)25-23-27-26-22(30-23)15-8-4-3-5-9-15/h6-7,10-11,15H,2-5,8-9,12-14H2,1H3,(H,25,27,29). The fourth-order valence-electron chi connectivity index (χ4n) is 4.73. The average molecular weight is 422 g/mol. The molecular formula is C23H27N5OS. The van der Waals surface area contributed by atoms with E-state index in [-0.39, 0.29) is 5.91 Å². The number of nitrogens with one attached hydrogen (secondary N) is 1. The van der Waals surface area contributed by atoms with Crippen molar-refractivity contribution in [2.45, 2.75) is 57.9 Å². The highest BCUT2D eigenvalue weighted by Crippen LogP contribution is 2.35. The Hall–Kier alpha value is -2.38. The van der Waals surface area contributed by atoms with Crippen LogP contribution < -0.4 is 5.32 Å². The summed E-state index contributed by atoms with van der Waals surface area (Å²) in [7, 11) is 0. The lowest BCUT2D eigenvalue weighted by Crippen LogP contribution is -2.33. The number of anilines is 1. The lowest BCUT2D eigenvalue weighted by atomic mass is 9.90. The molecular weight excluding hydrogens is 394 g/mol. The summed E-state index contributed by atoms with van der Waals surface area (Å²) in [6.07, 6.45) is 7.06. The molecule has 0 atom stereocenters. The fourth-order valence-corrected chi connectivity index (χ4v) is 5.64. The van der Waals surface area contributed by atoms with Crippen LogP contribution in [0.1, 0.15) is 71.6 Å². The van der Waals surface area contributed by atoms with E-state index in [0.717, 1.165) is 58.8 Å². The van der Waals surface area contributed by atoms with Gasteiger partial charge in [0.05, 0.1) is 11.1 Å². The number of para-hydroxylation sites is 1. The van der Waals surface area contributed by atoms with Gasteiger partial charge in [0.25, 0.3) is 5.91 Å². The molecule has 1 aromatic carbocycles. The van der Waals surface area contributed by atoms with Gasteiger partial charge in [0.2, 0.25) is 5.13 Å². The number of fused-ring (bicyclic) bond motifs is 2. The van der Waals surface area contributed by atoms with E-state index in [9.17, 15) is 4.79 Å². The first-order chi connectivity index (χ1) is 14.7. The topological polar surface area (TPSA) is 71.0 Å². The number of amides is 1. The highest BCUT2D eigenvalue weighted by Gasteiger charge is 2.26. The Bertz CT molecular complexity index is 1070. The number of carbonyl (C=O) groups excluding carboxylic acids is 1. The van der Waals surface area contributed by atoms with Crippen LogP contribution in [0, 0.1) is 0 Å². The van der Waals surface area contributed by atoms with Crippen LogP contribution in [-0.2, 0) is 13.0 Å². The molecule has 156 valence electrons. The first-order valence-electron chi connectivity index (χ1n) is 11.0. The van der Waals surface area contributed by atoms with Gasteiger partial charge in [-0.2, -0.15) is 0 Å². The molecule has 3 aromatic rings. The van der Waals surface area contributed by atoms with Crippen LogP contribution in [0.5, 0.6) is 0 Å². The van der Waals surface area contributed by atoms with Gasteiger partial charge in [-0.05, 0) is 25.5 Å². The van der Waals surface area contributed by atoms with Crippen LogP contribution in [0.4, 0.5) is 5.13 Å². The summed E-state index contributed by atoms with van der Waals surface area (Å²) < 4.78 is 0. The summed E-state index contributed by atoms with van der Waals surface area (Å²) in [5, 5.41) is 14.3. The zero-order valence-electron chi connectivity index (χ0n) is 17.4. The monoisotopic (exact) mass is 421 g/mol. The zero-order valence-corrected chi connectivity index (χ0v) is 18.2. The Morgan fingerprint density at radius 2 is 2.03 bits per heavy atom. The second-order valence-electron chi connectivity index (χ2n) is 8.28. The summed E-state index contributed by atoms with van der Waals surface area (Å²) in [5.74, 6) is 0.392. The van der Waals surface area contributed by atoms with Gasteiger partial charge >= 0.3 is 0 Å².